The molecule has 1 atom stereocenters. The SMILES string of the molecule is C[C@@H](N)CC(=O)c1cnsc1. The third-order valence-corrected chi connectivity index (χ3v) is 1.85. The summed E-state index contributed by atoms with van der Waals surface area (Å²) in [5.41, 5.74) is 6.13. The van der Waals surface area contributed by atoms with Crippen LogP contribution in [0.4, 0.5) is 0 Å². The van der Waals surface area contributed by atoms with Gasteiger partial charge in [0.2, 0.25) is 0 Å². The largest absolute Gasteiger partial charge is 0.328 e. The van der Waals surface area contributed by atoms with E-state index in [2.05, 4.69) is 4.37 Å². The van der Waals surface area contributed by atoms with Gasteiger partial charge >= 0.3 is 0 Å². The average molecular weight is 170 g/mol. The fourth-order valence-corrected chi connectivity index (χ4v) is 1.29. The van der Waals surface area contributed by atoms with Crippen LogP contribution in [0.15, 0.2) is 11.6 Å². The van der Waals surface area contributed by atoms with Gasteiger partial charge in [0.15, 0.2) is 5.78 Å². The molecule has 0 bridgehead atoms. The highest BCUT2D eigenvalue weighted by atomic mass is 32.1. The Labute approximate surface area is 69.4 Å². The van der Waals surface area contributed by atoms with Gasteiger partial charge < -0.3 is 5.73 Å². The van der Waals surface area contributed by atoms with E-state index in [9.17, 15) is 4.79 Å². The van der Waals surface area contributed by atoms with Crippen LogP contribution in [-0.4, -0.2) is 16.2 Å². The highest BCUT2D eigenvalue weighted by Gasteiger charge is 2.08. The highest BCUT2D eigenvalue weighted by Crippen LogP contribution is 2.05. The van der Waals surface area contributed by atoms with Crippen molar-refractivity contribution < 1.29 is 4.79 Å². The maximum absolute atomic E-state index is 11.2. The lowest BCUT2D eigenvalue weighted by atomic mass is 10.1. The first-order chi connectivity index (χ1) is 5.20. The van der Waals surface area contributed by atoms with Crippen LogP contribution in [-0.2, 0) is 0 Å². The Morgan fingerprint density at radius 2 is 2.64 bits per heavy atom. The molecule has 3 nitrogen and oxygen atoms in total. The summed E-state index contributed by atoms with van der Waals surface area (Å²) >= 11 is 1.28. The Kier molecular flexibility index (Phi) is 2.73. The molecule has 1 heterocycles. The van der Waals surface area contributed by atoms with Crippen molar-refractivity contribution in [2.75, 3.05) is 0 Å². The summed E-state index contributed by atoms with van der Waals surface area (Å²) in [6.45, 7) is 1.82. The molecule has 1 aromatic rings. The Hall–Kier alpha value is -0.740. The lowest BCUT2D eigenvalue weighted by molar-refractivity contribution is 0.0977. The van der Waals surface area contributed by atoms with Gasteiger partial charge in [0, 0.05) is 23.4 Å². The summed E-state index contributed by atoms with van der Waals surface area (Å²) in [6, 6.07) is -0.0672. The van der Waals surface area contributed by atoms with E-state index < -0.39 is 0 Å². The quantitative estimate of drug-likeness (QED) is 0.690. The van der Waals surface area contributed by atoms with Gasteiger partial charge in [-0.25, -0.2) is 4.37 Å². The maximum atomic E-state index is 11.2. The minimum Gasteiger partial charge on any atom is -0.328 e. The van der Waals surface area contributed by atoms with Gasteiger partial charge in [-0.05, 0) is 18.5 Å². The molecular weight excluding hydrogens is 160 g/mol. The number of rotatable bonds is 3. The molecule has 0 saturated carbocycles. The Balaban J connectivity index is 2.57. The molecule has 0 saturated heterocycles. The van der Waals surface area contributed by atoms with Crippen LogP contribution in [0.1, 0.15) is 23.7 Å². The first-order valence-electron chi connectivity index (χ1n) is 3.38. The predicted octanol–water partition coefficient (Wildman–Crippen LogP) is 1.06. The zero-order chi connectivity index (χ0) is 8.27. The molecular formula is C7H10N2OS. The number of nitrogens with zero attached hydrogens (tertiary/aromatic N) is 1. The van der Waals surface area contributed by atoms with Gasteiger partial charge in [0.25, 0.3) is 0 Å². The van der Waals surface area contributed by atoms with Gasteiger partial charge in [-0.3, -0.25) is 4.79 Å². The van der Waals surface area contributed by atoms with Crippen LogP contribution >= 0.6 is 11.5 Å². The minimum atomic E-state index is -0.0672. The third-order valence-electron chi connectivity index (χ3n) is 1.26. The van der Waals surface area contributed by atoms with E-state index in [1.54, 1.807) is 11.6 Å². The molecule has 1 aromatic heterocycles. The molecule has 2 N–H and O–H groups in total. The second-order valence-corrected chi connectivity index (χ2v) is 3.18. The smallest absolute Gasteiger partial charge is 0.166 e. The van der Waals surface area contributed by atoms with E-state index in [1.165, 1.54) is 11.5 Å². The number of hydrogen-bond acceptors (Lipinski definition) is 4. The van der Waals surface area contributed by atoms with Crippen molar-refractivity contribution in [2.24, 2.45) is 5.73 Å². The first kappa shape index (κ1) is 8.36. The van der Waals surface area contributed by atoms with Crippen molar-refractivity contribution in [1.29, 1.82) is 0 Å². The lowest BCUT2D eigenvalue weighted by Gasteiger charge is -2.00. The van der Waals surface area contributed by atoms with Crippen molar-refractivity contribution in [3.05, 3.63) is 17.1 Å². The van der Waals surface area contributed by atoms with E-state index in [-0.39, 0.29) is 11.8 Å². The summed E-state index contributed by atoms with van der Waals surface area (Å²) in [6.07, 6.45) is 1.98. The van der Waals surface area contributed by atoms with Crippen LogP contribution in [0, 0.1) is 0 Å². The second-order valence-electron chi connectivity index (χ2n) is 2.52. The summed E-state index contributed by atoms with van der Waals surface area (Å²) < 4.78 is 3.83. The number of carbonyl (C=O) groups excluding carboxylic acids is 1. The second kappa shape index (κ2) is 3.59. The molecule has 1 rings (SSSR count). The van der Waals surface area contributed by atoms with E-state index >= 15 is 0 Å². The molecule has 60 valence electrons. The van der Waals surface area contributed by atoms with Crippen molar-refractivity contribution in [1.82, 2.24) is 4.37 Å². The fraction of sp³-hybridized carbons (Fsp3) is 0.429. The zero-order valence-electron chi connectivity index (χ0n) is 6.28. The monoisotopic (exact) mass is 170 g/mol. The normalized spacial score (nSPS) is 12.9. The maximum Gasteiger partial charge on any atom is 0.166 e. The topological polar surface area (TPSA) is 56.0 Å². The molecule has 4 heteroatoms. The summed E-state index contributed by atoms with van der Waals surface area (Å²) in [7, 11) is 0. The number of hydrogen-bond donors (Lipinski definition) is 1. The van der Waals surface area contributed by atoms with Crippen LogP contribution in [0.3, 0.4) is 0 Å². The molecule has 0 aliphatic carbocycles. The molecule has 0 radical (unpaired) electrons. The Bertz CT molecular complexity index is 231. The summed E-state index contributed by atoms with van der Waals surface area (Å²) in [4.78, 5) is 11.2. The molecule has 0 aliphatic rings. The average Bonchev–Trinajstić information content (AvgIpc) is 2.35. The van der Waals surface area contributed by atoms with E-state index in [1.807, 2.05) is 6.92 Å². The standard InChI is InChI=1S/C7H10N2OS/c1-5(8)2-7(10)6-3-9-11-4-6/h3-5H,2,8H2,1H3/t5-/m1/s1. The molecule has 0 spiro atoms. The van der Waals surface area contributed by atoms with Crippen molar-refractivity contribution >= 4 is 17.3 Å². The molecule has 0 unspecified atom stereocenters. The van der Waals surface area contributed by atoms with E-state index in [0.29, 0.717) is 12.0 Å². The summed E-state index contributed by atoms with van der Waals surface area (Å²) in [5, 5.41) is 1.74. The van der Waals surface area contributed by atoms with Crippen molar-refractivity contribution in [2.45, 2.75) is 19.4 Å². The van der Waals surface area contributed by atoms with Gasteiger partial charge in [-0.2, -0.15) is 0 Å². The summed E-state index contributed by atoms with van der Waals surface area (Å²) in [5.74, 6) is 0.0775. The lowest BCUT2D eigenvalue weighted by Crippen LogP contribution is -2.19. The van der Waals surface area contributed by atoms with E-state index in [0.717, 1.165) is 0 Å². The number of aromatic nitrogens is 1. The van der Waals surface area contributed by atoms with Crippen LogP contribution in [0.5, 0.6) is 0 Å². The molecule has 0 aromatic carbocycles. The van der Waals surface area contributed by atoms with Gasteiger partial charge in [0.05, 0.1) is 6.20 Å². The number of nitrogens with two attached hydrogens (primary N) is 1. The van der Waals surface area contributed by atoms with Gasteiger partial charge in [-0.1, -0.05) is 0 Å². The van der Waals surface area contributed by atoms with Gasteiger partial charge in [0.1, 0.15) is 0 Å². The predicted molar refractivity (Wildman–Crippen MR) is 44.7 cm³/mol. The Morgan fingerprint density at radius 3 is 3.09 bits per heavy atom. The zero-order valence-corrected chi connectivity index (χ0v) is 7.10. The molecule has 0 amide bonds. The molecule has 0 aliphatic heterocycles. The highest BCUT2D eigenvalue weighted by molar-refractivity contribution is 7.03. The van der Waals surface area contributed by atoms with Crippen LogP contribution in [0.25, 0.3) is 0 Å². The first-order valence-corrected chi connectivity index (χ1v) is 4.22. The van der Waals surface area contributed by atoms with Crippen LogP contribution < -0.4 is 5.73 Å². The number of carbonyl (C=O) groups is 1. The third kappa shape index (κ3) is 2.40. The minimum absolute atomic E-state index is 0.0672. The fourth-order valence-electron chi connectivity index (χ4n) is 0.753. The van der Waals surface area contributed by atoms with E-state index in [4.69, 9.17) is 5.73 Å². The van der Waals surface area contributed by atoms with Crippen molar-refractivity contribution in [3.8, 4) is 0 Å². The molecule has 11 heavy (non-hydrogen) atoms. The van der Waals surface area contributed by atoms with Gasteiger partial charge in [-0.15, -0.1) is 0 Å². The van der Waals surface area contributed by atoms with Crippen molar-refractivity contribution in [3.63, 3.8) is 0 Å². The number of Topliss-reactive ketones (excluding diaryl/α,β-unsaturated/α-hetero) is 1. The molecule has 0 fully saturated rings. The number of ketones is 1. The van der Waals surface area contributed by atoms with Crippen LogP contribution in [0.2, 0.25) is 0 Å². The Morgan fingerprint density at radius 1 is 1.91 bits per heavy atom.